The third-order valence-electron chi connectivity index (χ3n) is 5.79. The molecule has 1 aliphatic carbocycles. The van der Waals surface area contributed by atoms with Gasteiger partial charge in [0.25, 0.3) is 0 Å². The summed E-state index contributed by atoms with van der Waals surface area (Å²) in [5.74, 6) is -0.425. The molecule has 11 heteroatoms. The van der Waals surface area contributed by atoms with Gasteiger partial charge in [0.15, 0.2) is 22.4 Å². The normalized spacial score (nSPS) is 13.3. The summed E-state index contributed by atoms with van der Waals surface area (Å²) in [5.41, 5.74) is 2.62. The van der Waals surface area contributed by atoms with E-state index < -0.39 is 16.6 Å². The van der Waals surface area contributed by atoms with Gasteiger partial charge in [-0.05, 0) is 63.5 Å². The monoisotopic (exact) mass is 557 g/mol. The fraction of sp³-hybridized carbons (Fsp3) is 0.519. The van der Waals surface area contributed by atoms with Gasteiger partial charge in [-0.3, -0.25) is 14.6 Å². The molecule has 0 bridgehead atoms. The highest BCUT2D eigenvalue weighted by atomic mass is 28.4. The Balaban J connectivity index is 1.65. The number of hydrogen-bond donors (Lipinski definition) is 4. The summed E-state index contributed by atoms with van der Waals surface area (Å²) >= 11 is 0. The minimum atomic E-state index is -1.51. The van der Waals surface area contributed by atoms with E-state index in [1.54, 1.807) is 18.3 Å². The first-order chi connectivity index (χ1) is 18.0. The second-order valence-electron chi connectivity index (χ2n) is 11.2. The van der Waals surface area contributed by atoms with E-state index in [2.05, 4.69) is 65.5 Å². The summed E-state index contributed by atoms with van der Waals surface area (Å²) in [4.78, 5) is 31.2. The van der Waals surface area contributed by atoms with Gasteiger partial charge in [-0.25, -0.2) is 0 Å². The summed E-state index contributed by atoms with van der Waals surface area (Å²) < 4.78 is 11.7. The third kappa shape index (κ3) is 8.82. The van der Waals surface area contributed by atoms with Gasteiger partial charge in [0, 0.05) is 70.1 Å². The van der Waals surface area contributed by atoms with Gasteiger partial charge < -0.3 is 30.1 Å². The molecule has 0 saturated heterocycles. The fourth-order valence-corrected chi connectivity index (χ4v) is 5.50. The van der Waals surface area contributed by atoms with Crippen molar-refractivity contribution in [2.45, 2.75) is 39.3 Å². The molecule has 4 N–H and O–H groups in total. The minimum absolute atomic E-state index is 0.188. The lowest BCUT2D eigenvalue weighted by molar-refractivity contribution is 0.0976. The van der Waals surface area contributed by atoms with E-state index in [0.29, 0.717) is 67.5 Å². The Labute approximate surface area is 228 Å². The van der Waals surface area contributed by atoms with Crippen LogP contribution in [0.15, 0.2) is 30.5 Å². The van der Waals surface area contributed by atoms with Gasteiger partial charge in [0.2, 0.25) is 5.78 Å². The molecule has 0 fully saturated rings. The maximum atomic E-state index is 13.5. The highest BCUT2D eigenvalue weighted by Crippen LogP contribution is 2.35. The molecule has 0 saturated carbocycles. The van der Waals surface area contributed by atoms with E-state index in [4.69, 9.17) is 8.85 Å². The second-order valence-corrected chi connectivity index (χ2v) is 20.3. The van der Waals surface area contributed by atoms with Crippen LogP contribution in [0.2, 0.25) is 39.3 Å². The lowest BCUT2D eigenvalue weighted by atomic mass is 9.84. The maximum absolute atomic E-state index is 13.5. The van der Waals surface area contributed by atoms with E-state index in [-0.39, 0.29) is 17.3 Å². The summed E-state index contributed by atoms with van der Waals surface area (Å²) in [6.07, 6.45) is 1.55. The van der Waals surface area contributed by atoms with Gasteiger partial charge in [-0.1, -0.05) is 0 Å². The molecule has 0 atom stereocenters. The van der Waals surface area contributed by atoms with E-state index in [1.807, 2.05) is 12.1 Å². The maximum Gasteiger partial charge on any atom is 0.215 e. The summed E-state index contributed by atoms with van der Waals surface area (Å²) in [6, 6.07) is 7.09. The molecular weight excluding hydrogens is 515 g/mol. The summed E-state index contributed by atoms with van der Waals surface area (Å²) in [7, 11) is -3.03. The first-order valence-electron chi connectivity index (χ1n) is 13.4. The number of carbonyl (C=O) groups excluding carboxylic acids is 2. The molecule has 0 radical (unpaired) electrons. The van der Waals surface area contributed by atoms with Crippen LogP contribution in [0.25, 0.3) is 0 Å². The SMILES string of the molecule is C[Si](C)(C)OCCNCCNc1ccc(NCCNCCO[Si](C)(C)C)c2c1C(=O)c1cccnc1C2=O. The molecule has 0 unspecified atom stereocenters. The highest BCUT2D eigenvalue weighted by Gasteiger charge is 2.34. The molecule has 1 aromatic carbocycles. The van der Waals surface area contributed by atoms with Crippen LogP contribution in [0.3, 0.4) is 0 Å². The molecule has 9 nitrogen and oxygen atoms in total. The molecule has 1 heterocycles. The Hall–Kier alpha value is -2.42. The number of nitrogens with zero attached hydrogens (tertiary/aromatic N) is 1. The third-order valence-corrected chi connectivity index (χ3v) is 7.93. The van der Waals surface area contributed by atoms with Crippen molar-refractivity contribution in [2.24, 2.45) is 0 Å². The predicted molar refractivity (Wildman–Crippen MR) is 159 cm³/mol. The average molecular weight is 558 g/mol. The van der Waals surface area contributed by atoms with Crippen molar-refractivity contribution >= 4 is 39.6 Å². The zero-order valence-corrected chi connectivity index (χ0v) is 25.6. The zero-order chi connectivity index (χ0) is 27.8. The molecule has 38 heavy (non-hydrogen) atoms. The number of hydrogen-bond acceptors (Lipinski definition) is 9. The van der Waals surface area contributed by atoms with Crippen LogP contribution in [-0.2, 0) is 8.85 Å². The number of carbonyl (C=O) groups is 2. The number of rotatable bonds is 16. The molecule has 3 rings (SSSR count). The number of benzene rings is 1. The molecule has 0 aliphatic heterocycles. The number of pyridine rings is 1. The topological polar surface area (TPSA) is 114 Å². The van der Waals surface area contributed by atoms with Crippen molar-refractivity contribution in [1.29, 1.82) is 0 Å². The number of nitrogens with one attached hydrogen (secondary N) is 4. The van der Waals surface area contributed by atoms with Crippen molar-refractivity contribution in [3.05, 3.63) is 52.8 Å². The molecule has 1 aromatic heterocycles. The Morgan fingerprint density at radius 2 is 1.18 bits per heavy atom. The number of ketones is 2. The quantitative estimate of drug-likeness (QED) is 0.155. The minimum Gasteiger partial charge on any atom is -0.416 e. The van der Waals surface area contributed by atoms with Gasteiger partial charge >= 0.3 is 0 Å². The van der Waals surface area contributed by atoms with Crippen LogP contribution >= 0.6 is 0 Å². The van der Waals surface area contributed by atoms with Crippen molar-refractivity contribution in [3.8, 4) is 0 Å². The fourth-order valence-electron chi connectivity index (χ4n) is 4.07. The van der Waals surface area contributed by atoms with Crippen LogP contribution in [0.1, 0.15) is 32.0 Å². The van der Waals surface area contributed by atoms with Crippen molar-refractivity contribution in [1.82, 2.24) is 15.6 Å². The van der Waals surface area contributed by atoms with E-state index in [9.17, 15) is 9.59 Å². The molecule has 0 spiro atoms. The second kappa shape index (κ2) is 13.6. The van der Waals surface area contributed by atoms with Crippen molar-refractivity contribution in [3.63, 3.8) is 0 Å². The van der Waals surface area contributed by atoms with E-state index in [1.165, 1.54) is 0 Å². The van der Waals surface area contributed by atoms with Gasteiger partial charge in [-0.15, -0.1) is 0 Å². The summed E-state index contributed by atoms with van der Waals surface area (Å²) in [5, 5.41) is 13.4. The molecule has 208 valence electrons. The van der Waals surface area contributed by atoms with Crippen LogP contribution in [0.4, 0.5) is 11.4 Å². The Morgan fingerprint density at radius 1 is 0.684 bits per heavy atom. The van der Waals surface area contributed by atoms with E-state index in [0.717, 1.165) is 13.1 Å². The number of aromatic nitrogens is 1. The lowest BCUT2D eigenvalue weighted by Gasteiger charge is -2.23. The van der Waals surface area contributed by atoms with Gasteiger partial charge in [0.05, 0.1) is 16.7 Å². The Kier molecular flexibility index (Phi) is 10.8. The van der Waals surface area contributed by atoms with Crippen molar-refractivity contribution < 1.29 is 18.4 Å². The Morgan fingerprint density at radius 3 is 1.68 bits per heavy atom. The first-order valence-corrected chi connectivity index (χ1v) is 20.2. The van der Waals surface area contributed by atoms with Crippen LogP contribution in [0, 0.1) is 0 Å². The molecule has 0 amide bonds. The predicted octanol–water partition coefficient (Wildman–Crippen LogP) is 3.56. The van der Waals surface area contributed by atoms with Gasteiger partial charge in [-0.2, -0.15) is 0 Å². The van der Waals surface area contributed by atoms with Crippen molar-refractivity contribution in [2.75, 3.05) is 63.1 Å². The summed E-state index contributed by atoms with van der Waals surface area (Å²) in [6.45, 7) is 18.5. The lowest BCUT2D eigenvalue weighted by Crippen LogP contribution is -2.32. The highest BCUT2D eigenvalue weighted by molar-refractivity contribution is 6.70. The van der Waals surface area contributed by atoms with E-state index >= 15 is 0 Å². The number of anilines is 2. The molecule has 1 aliphatic rings. The van der Waals surface area contributed by atoms with Gasteiger partial charge in [0.1, 0.15) is 5.69 Å². The average Bonchev–Trinajstić information content (AvgIpc) is 2.85. The van der Waals surface area contributed by atoms with Crippen LogP contribution < -0.4 is 21.3 Å². The molecular formula is C27H43N5O4Si2. The first kappa shape index (κ1) is 30.1. The Bertz CT molecular complexity index is 1030. The largest absolute Gasteiger partial charge is 0.416 e. The standard InChI is InChI=1S/C27H43N5O4Si2/c1-37(2,3)35-18-16-28-12-14-30-21-9-10-22(31-15-13-29-17-19-36-38(4,5)6)24-23(21)26(33)20-8-7-11-32-25(20)27(24)34/h7-11,28-31H,12-19H2,1-6H3. The number of fused-ring (bicyclic) bond motifs is 2. The molecule has 2 aromatic rings. The van der Waals surface area contributed by atoms with Crippen LogP contribution in [-0.4, -0.2) is 85.7 Å². The zero-order valence-electron chi connectivity index (χ0n) is 23.6. The van der Waals surface area contributed by atoms with Crippen LogP contribution in [0.5, 0.6) is 0 Å². The smallest absolute Gasteiger partial charge is 0.215 e.